The van der Waals surface area contributed by atoms with Gasteiger partial charge in [0.15, 0.2) is 5.76 Å². The maximum Gasteiger partial charge on any atom is 0.416 e. The van der Waals surface area contributed by atoms with Crippen molar-refractivity contribution in [3.63, 3.8) is 0 Å². The summed E-state index contributed by atoms with van der Waals surface area (Å²) < 4.78 is 43.8. The molecule has 7 nitrogen and oxygen atoms in total. The smallest absolute Gasteiger partial charge is 0.416 e. The van der Waals surface area contributed by atoms with E-state index in [1.807, 2.05) is 0 Å². The summed E-state index contributed by atoms with van der Waals surface area (Å²) >= 11 is 0. The fourth-order valence-corrected chi connectivity index (χ4v) is 3.96. The van der Waals surface area contributed by atoms with Crippen LogP contribution in [0.5, 0.6) is 0 Å². The lowest BCUT2D eigenvalue weighted by Crippen LogP contribution is -2.53. The van der Waals surface area contributed by atoms with E-state index in [9.17, 15) is 27.6 Å². The first kappa shape index (κ1) is 18.3. The van der Waals surface area contributed by atoms with Gasteiger partial charge >= 0.3 is 12.2 Å². The second-order valence-electron chi connectivity index (χ2n) is 7.04. The quantitative estimate of drug-likeness (QED) is 0.696. The molecule has 1 aromatic heterocycles. The Morgan fingerprint density at radius 2 is 2.07 bits per heavy atom. The van der Waals surface area contributed by atoms with Crippen LogP contribution >= 0.6 is 0 Å². The highest BCUT2D eigenvalue weighted by molar-refractivity contribution is 6.07. The van der Waals surface area contributed by atoms with Crippen LogP contribution in [0.1, 0.15) is 35.4 Å². The predicted molar refractivity (Wildman–Crippen MR) is 90.3 cm³/mol. The van der Waals surface area contributed by atoms with E-state index in [1.165, 1.54) is 12.1 Å². The predicted octanol–water partition coefficient (Wildman–Crippen LogP) is 2.56. The third kappa shape index (κ3) is 2.98. The van der Waals surface area contributed by atoms with E-state index in [-0.39, 0.29) is 29.2 Å². The number of amides is 4. The zero-order valence-corrected chi connectivity index (χ0v) is 14.5. The number of imide groups is 1. The number of carbonyl (C=O) groups excluding carboxylic acids is 3. The van der Waals surface area contributed by atoms with Crippen LogP contribution in [0.15, 0.2) is 28.7 Å². The molecular formula is C18H16F3N3O4. The molecule has 2 unspecified atom stereocenters. The molecule has 1 spiro atoms. The van der Waals surface area contributed by atoms with Crippen LogP contribution in [-0.2, 0) is 11.0 Å². The van der Waals surface area contributed by atoms with Crippen LogP contribution in [-0.4, -0.2) is 29.9 Å². The molecule has 4 amide bonds. The van der Waals surface area contributed by atoms with Crippen LogP contribution < -0.4 is 16.0 Å². The van der Waals surface area contributed by atoms with Gasteiger partial charge in [-0.1, -0.05) is 6.42 Å². The Morgan fingerprint density at radius 1 is 1.29 bits per heavy atom. The molecular weight excluding hydrogens is 379 g/mol. The second-order valence-corrected chi connectivity index (χ2v) is 7.04. The fourth-order valence-electron chi connectivity index (χ4n) is 3.96. The molecule has 2 heterocycles. The number of fused-ring (bicyclic) bond motifs is 1. The van der Waals surface area contributed by atoms with Gasteiger partial charge in [0.25, 0.3) is 11.8 Å². The summed E-state index contributed by atoms with van der Waals surface area (Å²) in [4.78, 5) is 36.0. The minimum atomic E-state index is -4.49. The van der Waals surface area contributed by atoms with E-state index in [0.29, 0.717) is 12.8 Å². The molecule has 2 atom stereocenters. The summed E-state index contributed by atoms with van der Waals surface area (Å²) in [7, 11) is 0. The maximum absolute atomic E-state index is 12.8. The van der Waals surface area contributed by atoms with Gasteiger partial charge in [0.1, 0.15) is 11.1 Å². The number of urea groups is 1. The van der Waals surface area contributed by atoms with Crippen molar-refractivity contribution in [1.82, 2.24) is 16.0 Å². The van der Waals surface area contributed by atoms with Crippen molar-refractivity contribution in [3.8, 4) is 0 Å². The highest BCUT2D eigenvalue weighted by atomic mass is 19.4. The highest BCUT2D eigenvalue weighted by Crippen LogP contribution is 2.37. The van der Waals surface area contributed by atoms with Gasteiger partial charge in [0.05, 0.1) is 5.56 Å². The normalized spacial score (nSPS) is 24.6. The molecule has 1 saturated carbocycles. The summed E-state index contributed by atoms with van der Waals surface area (Å²) in [6, 6.07) is 3.66. The molecule has 4 rings (SSSR count). The lowest BCUT2D eigenvalue weighted by atomic mass is 9.87. The third-order valence-electron chi connectivity index (χ3n) is 5.37. The van der Waals surface area contributed by atoms with Crippen LogP contribution in [0.3, 0.4) is 0 Å². The van der Waals surface area contributed by atoms with Crippen molar-refractivity contribution >= 4 is 28.8 Å². The Bertz CT molecular complexity index is 984. The Kier molecular flexibility index (Phi) is 4.09. The number of hydrogen-bond donors (Lipinski definition) is 3. The summed E-state index contributed by atoms with van der Waals surface area (Å²) in [5.41, 5.74) is -1.69. The standard InChI is InChI=1S/C18H16F3N3O4/c19-18(20,21)10-3-4-12-9(6-10)7-13(28-12)14(25)22-8-11-2-1-5-17(11)15(26)23-16(27)24-17/h3-4,6-7,11H,1-2,5,8H2,(H,22,25)(H2,23,24,26,27). The van der Waals surface area contributed by atoms with Crippen LogP contribution in [0, 0.1) is 5.92 Å². The molecule has 28 heavy (non-hydrogen) atoms. The van der Waals surface area contributed by atoms with Gasteiger partial charge in [-0.25, -0.2) is 4.79 Å². The summed E-state index contributed by atoms with van der Waals surface area (Å²) in [5, 5.41) is 7.69. The SMILES string of the molecule is O=C1NC(=O)C2(CCCC2CNC(=O)c2cc3cc(C(F)(F)F)ccc3o2)N1. The molecule has 2 fully saturated rings. The van der Waals surface area contributed by atoms with Gasteiger partial charge < -0.3 is 15.1 Å². The monoisotopic (exact) mass is 395 g/mol. The molecule has 3 N–H and O–H groups in total. The average Bonchev–Trinajstić information content (AvgIpc) is 3.29. The number of furan rings is 1. The van der Waals surface area contributed by atoms with Gasteiger partial charge in [-0.2, -0.15) is 13.2 Å². The number of benzene rings is 1. The van der Waals surface area contributed by atoms with Crippen LogP contribution in [0.2, 0.25) is 0 Å². The molecule has 2 aliphatic rings. The van der Waals surface area contributed by atoms with Crippen molar-refractivity contribution in [2.24, 2.45) is 5.92 Å². The van der Waals surface area contributed by atoms with Crippen molar-refractivity contribution in [2.45, 2.75) is 31.0 Å². The lowest BCUT2D eigenvalue weighted by molar-refractivity contribution is -0.137. The molecule has 1 aliphatic carbocycles. The largest absolute Gasteiger partial charge is 0.451 e. The Morgan fingerprint density at radius 3 is 2.75 bits per heavy atom. The molecule has 148 valence electrons. The van der Waals surface area contributed by atoms with E-state index < -0.39 is 35.1 Å². The van der Waals surface area contributed by atoms with E-state index in [4.69, 9.17) is 4.42 Å². The molecule has 10 heteroatoms. The zero-order valence-electron chi connectivity index (χ0n) is 14.5. The molecule has 1 saturated heterocycles. The van der Waals surface area contributed by atoms with E-state index in [0.717, 1.165) is 18.6 Å². The van der Waals surface area contributed by atoms with Gasteiger partial charge in [-0.05, 0) is 37.1 Å². The fraction of sp³-hybridized carbons (Fsp3) is 0.389. The van der Waals surface area contributed by atoms with Gasteiger partial charge in [-0.15, -0.1) is 0 Å². The van der Waals surface area contributed by atoms with Gasteiger partial charge in [0, 0.05) is 17.8 Å². The third-order valence-corrected chi connectivity index (χ3v) is 5.37. The van der Waals surface area contributed by atoms with Crippen molar-refractivity contribution in [3.05, 3.63) is 35.6 Å². The van der Waals surface area contributed by atoms with Crippen molar-refractivity contribution < 1.29 is 32.0 Å². The minimum absolute atomic E-state index is 0.122. The first-order valence-electron chi connectivity index (χ1n) is 8.72. The number of halogens is 3. The topological polar surface area (TPSA) is 100 Å². The summed E-state index contributed by atoms with van der Waals surface area (Å²) in [6.45, 7) is 0.122. The number of nitrogens with one attached hydrogen (secondary N) is 3. The maximum atomic E-state index is 12.8. The Hall–Kier alpha value is -3.04. The molecule has 1 aromatic carbocycles. The van der Waals surface area contributed by atoms with Crippen molar-refractivity contribution in [2.75, 3.05) is 6.54 Å². The Labute approximate surface area is 156 Å². The zero-order chi connectivity index (χ0) is 20.1. The summed E-state index contributed by atoms with van der Waals surface area (Å²) in [5.74, 6) is -1.42. The van der Waals surface area contributed by atoms with Gasteiger partial charge in [-0.3, -0.25) is 14.9 Å². The first-order chi connectivity index (χ1) is 13.2. The van der Waals surface area contributed by atoms with Gasteiger partial charge in [0.2, 0.25) is 0 Å². The lowest BCUT2D eigenvalue weighted by Gasteiger charge is -2.28. The minimum Gasteiger partial charge on any atom is -0.451 e. The Balaban J connectivity index is 1.48. The highest BCUT2D eigenvalue weighted by Gasteiger charge is 2.54. The number of carbonyl (C=O) groups is 3. The average molecular weight is 395 g/mol. The number of alkyl halides is 3. The molecule has 2 aromatic rings. The van der Waals surface area contributed by atoms with Crippen LogP contribution in [0.4, 0.5) is 18.0 Å². The van der Waals surface area contributed by atoms with Crippen LogP contribution in [0.25, 0.3) is 11.0 Å². The second kappa shape index (κ2) is 6.25. The first-order valence-corrected chi connectivity index (χ1v) is 8.72. The molecule has 1 aliphatic heterocycles. The van der Waals surface area contributed by atoms with Crippen molar-refractivity contribution in [1.29, 1.82) is 0 Å². The number of rotatable bonds is 3. The van der Waals surface area contributed by atoms with E-state index in [2.05, 4.69) is 16.0 Å². The van der Waals surface area contributed by atoms with E-state index in [1.54, 1.807) is 0 Å². The molecule has 0 radical (unpaired) electrons. The van der Waals surface area contributed by atoms with E-state index >= 15 is 0 Å². The number of hydrogen-bond acceptors (Lipinski definition) is 4. The molecule has 0 bridgehead atoms. The summed E-state index contributed by atoms with van der Waals surface area (Å²) in [6.07, 6.45) is -2.64.